The number of nitrogens with one attached hydrogen (secondary N) is 1. The minimum Gasteiger partial charge on any atom is -0.390 e. The molecule has 15 heavy (non-hydrogen) atoms. The molecule has 0 bridgehead atoms. The lowest BCUT2D eigenvalue weighted by molar-refractivity contribution is 0.119. The molecule has 0 radical (unpaired) electrons. The molecule has 0 aromatic heterocycles. The van der Waals surface area contributed by atoms with Crippen molar-refractivity contribution in [2.75, 3.05) is 26.2 Å². The maximum absolute atomic E-state index is 9.81. The van der Waals surface area contributed by atoms with E-state index in [4.69, 9.17) is 0 Å². The molecular weight excluding hydrogens is 188 g/mol. The summed E-state index contributed by atoms with van der Waals surface area (Å²) >= 11 is 0. The van der Waals surface area contributed by atoms with E-state index in [1.54, 1.807) is 0 Å². The van der Waals surface area contributed by atoms with Crippen molar-refractivity contribution < 1.29 is 5.11 Å². The van der Waals surface area contributed by atoms with Gasteiger partial charge < -0.3 is 15.3 Å². The third-order valence-electron chi connectivity index (χ3n) is 3.18. The molecule has 0 saturated carbocycles. The second-order valence-electron chi connectivity index (χ2n) is 5.04. The molecule has 3 heteroatoms. The van der Waals surface area contributed by atoms with Crippen LogP contribution in [0.15, 0.2) is 0 Å². The average Bonchev–Trinajstić information content (AvgIpc) is 2.62. The van der Waals surface area contributed by atoms with Crippen molar-refractivity contribution in [2.45, 2.75) is 45.8 Å². The Balaban J connectivity index is 2.13. The van der Waals surface area contributed by atoms with Crippen molar-refractivity contribution in [1.82, 2.24) is 10.2 Å². The van der Waals surface area contributed by atoms with Gasteiger partial charge in [-0.2, -0.15) is 0 Å². The van der Waals surface area contributed by atoms with Gasteiger partial charge in [0.2, 0.25) is 0 Å². The summed E-state index contributed by atoms with van der Waals surface area (Å²) in [6.45, 7) is 10.4. The van der Waals surface area contributed by atoms with Crippen LogP contribution < -0.4 is 5.32 Å². The summed E-state index contributed by atoms with van der Waals surface area (Å²) in [6, 6.07) is 0.460. The predicted octanol–water partition coefficient (Wildman–Crippen LogP) is 1.08. The summed E-state index contributed by atoms with van der Waals surface area (Å²) in [5.41, 5.74) is 0. The van der Waals surface area contributed by atoms with E-state index in [0.29, 0.717) is 12.6 Å². The van der Waals surface area contributed by atoms with Crippen molar-refractivity contribution in [3.05, 3.63) is 0 Å². The lowest BCUT2D eigenvalue weighted by atomic mass is 10.1. The number of likely N-dealkylation sites (tertiary alicyclic amines) is 1. The highest BCUT2D eigenvalue weighted by Crippen LogP contribution is 2.18. The van der Waals surface area contributed by atoms with Gasteiger partial charge in [-0.1, -0.05) is 27.2 Å². The van der Waals surface area contributed by atoms with E-state index in [-0.39, 0.29) is 6.10 Å². The first-order chi connectivity index (χ1) is 7.11. The second kappa shape index (κ2) is 6.46. The summed E-state index contributed by atoms with van der Waals surface area (Å²) in [5.74, 6) is 0.857. The van der Waals surface area contributed by atoms with Gasteiger partial charge in [-0.3, -0.25) is 0 Å². The molecule has 1 rings (SSSR count). The Labute approximate surface area is 93.9 Å². The first-order valence-corrected chi connectivity index (χ1v) is 6.25. The van der Waals surface area contributed by atoms with Crippen molar-refractivity contribution in [3.63, 3.8) is 0 Å². The van der Waals surface area contributed by atoms with Crippen LogP contribution in [0.25, 0.3) is 0 Å². The quantitative estimate of drug-likeness (QED) is 0.694. The van der Waals surface area contributed by atoms with E-state index >= 15 is 0 Å². The van der Waals surface area contributed by atoms with Crippen LogP contribution in [0.1, 0.15) is 33.6 Å². The SMILES string of the molecule is CCC1CCN(CC(O)CNC(C)C)C1. The molecule has 1 heterocycles. The Morgan fingerprint density at radius 1 is 1.47 bits per heavy atom. The zero-order chi connectivity index (χ0) is 11.3. The van der Waals surface area contributed by atoms with Crippen LogP contribution in [0.2, 0.25) is 0 Å². The van der Waals surface area contributed by atoms with Crippen LogP contribution in [0.3, 0.4) is 0 Å². The van der Waals surface area contributed by atoms with Gasteiger partial charge in [-0.25, -0.2) is 0 Å². The van der Waals surface area contributed by atoms with E-state index in [9.17, 15) is 5.11 Å². The molecular formula is C12H26N2O. The predicted molar refractivity (Wildman–Crippen MR) is 64.0 cm³/mol. The van der Waals surface area contributed by atoms with Gasteiger partial charge in [0.25, 0.3) is 0 Å². The normalized spacial score (nSPS) is 25.0. The molecule has 1 saturated heterocycles. The number of aliphatic hydroxyl groups is 1. The number of nitrogens with zero attached hydrogens (tertiary/aromatic N) is 1. The summed E-state index contributed by atoms with van der Waals surface area (Å²) in [4.78, 5) is 2.39. The Bertz CT molecular complexity index is 173. The van der Waals surface area contributed by atoms with E-state index in [0.717, 1.165) is 19.0 Å². The number of hydrogen-bond acceptors (Lipinski definition) is 3. The second-order valence-corrected chi connectivity index (χ2v) is 5.04. The van der Waals surface area contributed by atoms with Crippen molar-refractivity contribution >= 4 is 0 Å². The van der Waals surface area contributed by atoms with Crippen molar-refractivity contribution in [1.29, 1.82) is 0 Å². The summed E-state index contributed by atoms with van der Waals surface area (Å²) < 4.78 is 0. The fourth-order valence-electron chi connectivity index (χ4n) is 2.15. The Morgan fingerprint density at radius 3 is 2.73 bits per heavy atom. The molecule has 0 spiro atoms. The molecule has 0 aromatic carbocycles. The standard InChI is InChI=1S/C12H26N2O/c1-4-11-5-6-14(8-11)9-12(15)7-13-10(2)3/h10-13,15H,4-9H2,1-3H3. The van der Waals surface area contributed by atoms with Crippen molar-refractivity contribution in [2.24, 2.45) is 5.92 Å². The third kappa shape index (κ3) is 4.96. The van der Waals surface area contributed by atoms with Gasteiger partial charge in [0, 0.05) is 25.7 Å². The maximum Gasteiger partial charge on any atom is 0.0791 e. The summed E-state index contributed by atoms with van der Waals surface area (Å²) in [7, 11) is 0. The summed E-state index contributed by atoms with van der Waals surface area (Å²) in [6.07, 6.45) is 2.36. The Kier molecular flexibility index (Phi) is 5.58. The van der Waals surface area contributed by atoms with Gasteiger partial charge in [0.1, 0.15) is 0 Å². The van der Waals surface area contributed by atoms with Gasteiger partial charge in [0.15, 0.2) is 0 Å². The Morgan fingerprint density at radius 2 is 2.20 bits per heavy atom. The van der Waals surface area contributed by atoms with Gasteiger partial charge in [-0.05, 0) is 18.9 Å². The molecule has 1 fully saturated rings. The molecule has 2 unspecified atom stereocenters. The van der Waals surface area contributed by atoms with E-state index in [1.165, 1.54) is 19.4 Å². The highest BCUT2D eigenvalue weighted by Gasteiger charge is 2.22. The first kappa shape index (κ1) is 12.9. The highest BCUT2D eigenvalue weighted by molar-refractivity contribution is 4.77. The van der Waals surface area contributed by atoms with E-state index < -0.39 is 0 Å². The topological polar surface area (TPSA) is 35.5 Å². The van der Waals surface area contributed by atoms with Crippen LogP contribution >= 0.6 is 0 Å². The van der Waals surface area contributed by atoms with Crippen LogP contribution in [0.5, 0.6) is 0 Å². The minimum absolute atomic E-state index is 0.219. The number of hydrogen-bond donors (Lipinski definition) is 2. The van der Waals surface area contributed by atoms with E-state index in [2.05, 4.69) is 31.0 Å². The van der Waals surface area contributed by atoms with Crippen LogP contribution in [-0.2, 0) is 0 Å². The van der Waals surface area contributed by atoms with Gasteiger partial charge >= 0.3 is 0 Å². The highest BCUT2D eigenvalue weighted by atomic mass is 16.3. The molecule has 3 nitrogen and oxygen atoms in total. The molecule has 0 amide bonds. The number of β-amino-alcohol motifs (C(OH)–C–C–N with tert-alkyl or cyclic N) is 1. The fraction of sp³-hybridized carbons (Fsp3) is 1.00. The lowest BCUT2D eigenvalue weighted by Crippen LogP contribution is -2.39. The van der Waals surface area contributed by atoms with Gasteiger partial charge in [-0.15, -0.1) is 0 Å². The molecule has 90 valence electrons. The van der Waals surface area contributed by atoms with Crippen LogP contribution in [0.4, 0.5) is 0 Å². The van der Waals surface area contributed by atoms with E-state index in [1.807, 2.05) is 0 Å². The van der Waals surface area contributed by atoms with Crippen molar-refractivity contribution in [3.8, 4) is 0 Å². The largest absolute Gasteiger partial charge is 0.390 e. The molecule has 0 aromatic rings. The fourth-order valence-corrected chi connectivity index (χ4v) is 2.15. The first-order valence-electron chi connectivity index (χ1n) is 6.25. The smallest absolute Gasteiger partial charge is 0.0791 e. The molecule has 0 aliphatic carbocycles. The maximum atomic E-state index is 9.81. The molecule has 2 atom stereocenters. The summed E-state index contributed by atoms with van der Waals surface area (Å²) in [5, 5.41) is 13.1. The molecule has 1 aliphatic heterocycles. The molecule has 2 N–H and O–H groups in total. The number of aliphatic hydroxyl groups excluding tert-OH is 1. The van der Waals surface area contributed by atoms with Crippen LogP contribution in [-0.4, -0.2) is 48.3 Å². The zero-order valence-electron chi connectivity index (χ0n) is 10.4. The number of rotatable bonds is 6. The molecule has 1 aliphatic rings. The Hall–Kier alpha value is -0.120. The third-order valence-corrected chi connectivity index (χ3v) is 3.18. The van der Waals surface area contributed by atoms with Gasteiger partial charge in [0.05, 0.1) is 6.10 Å². The minimum atomic E-state index is -0.219. The monoisotopic (exact) mass is 214 g/mol. The lowest BCUT2D eigenvalue weighted by Gasteiger charge is -2.21. The van der Waals surface area contributed by atoms with Crippen LogP contribution in [0, 0.1) is 5.92 Å². The average molecular weight is 214 g/mol. The zero-order valence-corrected chi connectivity index (χ0v) is 10.4.